The smallest absolute Gasteiger partial charge is 0.340 e. The number of carbonyl (C=O) groups is 1. The minimum Gasteiger partial charge on any atom is -0.462 e. The summed E-state index contributed by atoms with van der Waals surface area (Å²) >= 11 is 0. The van der Waals surface area contributed by atoms with Gasteiger partial charge in [0.15, 0.2) is 5.40 Å². The zero-order valence-electron chi connectivity index (χ0n) is 11.1. The highest BCUT2D eigenvalue weighted by molar-refractivity contribution is 7.70. The molecule has 0 saturated heterocycles. The van der Waals surface area contributed by atoms with Crippen LogP contribution in [-0.2, 0) is 18.7 Å². The molecule has 0 heterocycles. The van der Waals surface area contributed by atoms with E-state index in [0.29, 0.717) is 12.8 Å². The number of unbranched alkanes of at least 4 members (excludes halogenated alkanes) is 2. The molecule has 0 unspecified atom stereocenters. The molecule has 0 rings (SSSR count). The second-order valence-corrected chi connectivity index (χ2v) is 8.43. The van der Waals surface area contributed by atoms with Crippen molar-refractivity contribution in [2.45, 2.75) is 38.0 Å². The number of hydrogen-bond donors (Lipinski definition) is 4. The van der Waals surface area contributed by atoms with Gasteiger partial charge in [0.1, 0.15) is 0 Å². The van der Waals surface area contributed by atoms with Gasteiger partial charge in [-0.15, -0.1) is 0 Å². The Bertz CT molecular complexity index is 413. The summed E-state index contributed by atoms with van der Waals surface area (Å²) in [5, 5.41) is -1.96. The summed E-state index contributed by atoms with van der Waals surface area (Å²) in [6.07, 6.45) is 0.794. The molecule has 10 heteroatoms. The van der Waals surface area contributed by atoms with E-state index >= 15 is 0 Å². The summed E-state index contributed by atoms with van der Waals surface area (Å²) < 4.78 is 26.8. The van der Waals surface area contributed by atoms with Gasteiger partial charge in [-0.3, -0.25) is 9.13 Å². The van der Waals surface area contributed by atoms with Gasteiger partial charge in [0, 0.05) is 5.57 Å². The van der Waals surface area contributed by atoms with E-state index in [1.54, 1.807) is 0 Å². The third-order valence-corrected chi connectivity index (χ3v) is 6.34. The minimum absolute atomic E-state index is 0.127. The molecule has 118 valence electrons. The van der Waals surface area contributed by atoms with Gasteiger partial charge in [0.05, 0.1) is 6.61 Å². The van der Waals surface area contributed by atoms with Crippen molar-refractivity contribution in [3.63, 3.8) is 0 Å². The first-order valence-electron chi connectivity index (χ1n) is 5.89. The van der Waals surface area contributed by atoms with Crippen molar-refractivity contribution >= 4 is 21.2 Å². The van der Waals surface area contributed by atoms with Crippen molar-refractivity contribution in [3.05, 3.63) is 12.2 Å². The number of esters is 1. The van der Waals surface area contributed by atoms with Gasteiger partial charge >= 0.3 is 21.2 Å². The van der Waals surface area contributed by atoms with Crippen molar-refractivity contribution in [2.24, 2.45) is 0 Å². The van der Waals surface area contributed by atoms with Gasteiger partial charge in [-0.1, -0.05) is 19.4 Å². The Balaban J connectivity index is 4.05. The van der Waals surface area contributed by atoms with Gasteiger partial charge < -0.3 is 24.3 Å². The highest BCUT2D eigenvalue weighted by Crippen LogP contribution is 2.61. The predicted molar refractivity (Wildman–Crippen MR) is 72.1 cm³/mol. The van der Waals surface area contributed by atoms with E-state index in [2.05, 4.69) is 6.58 Å². The number of hydrogen-bond acceptors (Lipinski definition) is 4. The molecule has 0 aliphatic heterocycles. The normalized spacial score (nSPS) is 12.5. The highest BCUT2D eigenvalue weighted by Gasteiger charge is 2.42. The van der Waals surface area contributed by atoms with E-state index in [1.807, 2.05) is 0 Å². The lowest BCUT2D eigenvalue weighted by molar-refractivity contribution is -0.139. The van der Waals surface area contributed by atoms with Crippen molar-refractivity contribution in [3.8, 4) is 0 Å². The topological polar surface area (TPSA) is 141 Å². The second-order valence-electron chi connectivity index (χ2n) is 4.42. The SMILES string of the molecule is C=C(C)C(=O)OCCCCCC(P(=O)(O)O)P(=O)(O)O. The fraction of sp³-hybridized carbons (Fsp3) is 0.700. The van der Waals surface area contributed by atoms with Gasteiger partial charge in [-0.2, -0.15) is 0 Å². The van der Waals surface area contributed by atoms with Crippen LogP contribution in [0, 0.1) is 0 Å². The van der Waals surface area contributed by atoms with E-state index in [4.69, 9.17) is 24.3 Å². The summed E-state index contributed by atoms with van der Waals surface area (Å²) in [6, 6.07) is 0. The van der Waals surface area contributed by atoms with E-state index in [1.165, 1.54) is 6.92 Å². The maximum atomic E-state index is 11.0. The molecule has 0 bridgehead atoms. The monoisotopic (exact) mass is 330 g/mol. The molecular weight excluding hydrogens is 310 g/mol. The average molecular weight is 330 g/mol. The molecule has 0 fully saturated rings. The molecule has 0 aromatic rings. The number of carbonyl (C=O) groups excluding carboxylic acids is 1. The van der Waals surface area contributed by atoms with Crippen LogP contribution in [0.5, 0.6) is 0 Å². The van der Waals surface area contributed by atoms with Crippen LogP contribution in [-0.4, -0.2) is 37.5 Å². The van der Waals surface area contributed by atoms with Crippen molar-refractivity contribution in [1.29, 1.82) is 0 Å². The molecule has 0 amide bonds. The highest BCUT2D eigenvalue weighted by atomic mass is 31.2. The third kappa shape index (κ3) is 7.94. The molecule has 0 spiro atoms. The summed E-state index contributed by atoms with van der Waals surface area (Å²) in [7, 11) is -9.68. The zero-order chi connectivity index (χ0) is 16.0. The van der Waals surface area contributed by atoms with Crippen LogP contribution in [0.2, 0.25) is 0 Å². The Hall–Kier alpha value is -0.490. The Morgan fingerprint density at radius 2 is 1.60 bits per heavy atom. The number of ether oxygens (including phenoxy) is 1. The molecule has 4 N–H and O–H groups in total. The van der Waals surface area contributed by atoms with Crippen molar-refractivity contribution < 1.29 is 38.2 Å². The average Bonchev–Trinajstić information content (AvgIpc) is 2.23. The van der Waals surface area contributed by atoms with Gasteiger partial charge in [0.25, 0.3) is 0 Å². The molecule has 0 aromatic carbocycles. The molecule has 20 heavy (non-hydrogen) atoms. The molecule has 0 aliphatic rings. The summed E-state index contributed by atoms with van der Waals surface area (Å²) in [5.74, 6) is -0.520. The summed E-state index contributed by atoms with van der Waals surface area (Å²) in [5.41, 5.74) is 0.271. The fourth-order valence-corrected chi connectivity index (χ4v) is 4.03. The van der Waals surface area contributed by atoms with Crippen molar-refractivity contribution in [1.82, 2.24) is 0 Å². The first kappa shape index (κ1) is 19.5. The van der Waals surface area contributed by atoms with E-state index in [9.17, 15) is 13.9 Å². The lowest BCUT2D eigenvalue weighted by Crippen LogP contribution is -2.10. The first-order chi connectivity index (χ1) is 8.96. The molecule has 0 saturated carbocycles. The standard InChI is InChI=1S/C10H20O8P2/c1-8(2)10(11)18-7-5-3-4-6-9(19(12,13)14)20(15,16)17/h9H,1,3-7H2,2H3,(H2,12,13,14)(H2,15,16,17). The van der Waals surface area contributed by atoms with Gasteiger partial charge in [-0.25, -0.2) is 4.79 Å². The number of rotatable bonds is 9. The fourth-order valence-electron chi connectivity index (χ4n) is 1.43. The van der Waals surface area contributed by atoms with Crippen LogP contribution < -0.4 is 0 Å². The van der Waals surface area contributed by atoms with Crippen LogP contribution in [0.1, 0.15) is 32.6 Å². The summed E-state index contributed by atoms with van der Waals surface area (Å²) in [4.78, 5) is 46.6. The molecular formula is C10H20O8P2. The van der Waals surface area contributed by atoms with Crippen molar-refractivity contribution in [2.75, 3.05) is 6.61 Å². The quantitative estimate of drug-likeness (QED) is 0.215. The largest absolute Gasteiger partial charge is 0.462 e. The molecule has 0 atom stereocenters. The van der Waals surface area contributed by atoms with Gasteiger partial charge in [0.2, 0.25) is 0 Å². The van der Waals surface area contributed by atoms with Crippen LogP contribution in [0.3, 0.4) is 0 Å². The van der Waals surface area contributed by atoms with Crippen LogP contribution >= 0.6 is 15.2 Å². The molecule has 0 aliphatic carbocycles. The Morgan fingerprint density at radius 3 is 2.00 bits per heavy atom. The lowest BCUT2D eigenvalue weighted by atomic mass is 10.2. The zero-order valence-corrected chi connectivity index (χ0v) is 12.9. The lowest BCUT2D eigenvalue weighted by Gasteiger charge is -2.19. The van der Waals surface area contributed by atoms with E-state index in [0.717, 1.165) is 0 Å². The van der Waals surface area contributed by atoms with Crippen LogP contribution in [0.4, 0.5) is 0 Å². The van der Waals surface area contributed by atoms with E-state index < -0.39 is 26.6 Å². The molecule has 8 nitrogen and oxygen atoms in total. The Labute approximate surface area is 117 Å². The second kappa shape index (κ2) is 8.08. The first-order valence-corrected chi connectivity index (χ1v) is 9.25. The van der Waals surface area contributed by atoms with Crippen LogP contribution in [0.15, 0.2) is 12.2 Å². The predicted octanol–water partition coefficient (Wildman–Crippen LogP) is 1.35. The molecule has 0 radical (unpaired) electrons. The minimum atomic E-state index is -4.84. The maximum Gasteiger partial charge on any atom is 0.340 e. The van der Waals surface area contributed by atoms with Gasteiger partial charge in [-0.05, 0) is 19.8 Å². The maximum absolute atomic E-state index is 11.0. The summed E-state index contributed by atoms with van der Waals surface area (Å²) in [6.45, 7) is 5.03. The van der Waals surface area contributed by atoms with E-state index in [-0.39, 0.29) is 25.0 Å². The Kier molecular flexibility index (Phi) is 7.88. The Morgan fingerprint density at radius 1 is 1.10 bits per heavy atom. The van der Waals surface area contributed by atoms with Crippen LogP contribution in [0.25, 0.3) is 0 Å². The third-order valence-electron chi connectivity index (χ3n) is 2.46. The molecule has 0 aromatic heterocycles.